The number of carbonyl (C=O) groups excluding carboxylic acids is 2. The topological polar surface area (TPSA) is 74.7 Å². The third-order valence-corrected chi connectivity index (χ3v) is 2.35. The first-order valence-corrected chi connectivity index (χ1v) is 3.68. The number of hydrogen-bond acceptors (Lipinski definition) is 3. The smallest absolute Gasteiger partial charge is 0.334 e. The van der Waals surface area contributed by atoms with Crippen molar-refractivity contribution in [3.8, 4) is 0 Å². The van der Waals surface area contributed by atoms with E-state index >= 15 is 0 Å². The lowest BCUT2D eigenvalue weighted by Crippen LogP contribution is -2.55. The minimum Gasteiger partial charge on any atom is -0.479 e. The molecule has 64 valence electrons. The van der Waals surface area contributed by atoms with Crippen LogP contribution in [0.15, 0.2) is 0 Å². The van der Waals surface area contributed by atoms with Crippen molar-refractivity contribution in [2.24, 2.45) is 0 Å². The second-order valence-corrected chi connectivity index (χ2v) is 3.07. The highest BCUT2D eigenvalue weighted by Gasteiger charge is 2.53. The number of nitrogens with zero attached hydrogens (tertiary/aromatic N) is 1. The van der Waals surface area contributed by atoms with E-state index < -0.39 is 12.0 Å². The monoisotopic (exact) mass is 169 g/mol. The summed E-state index contributed by atoms with van der Waals surface area (Å²) in [4.78, 5) is 33.6. The third kappa shape index (κ3) is 0.704. The first-order chi connectivity index (χ1) is 5.61. The molecule has 1 amide bonds. The second-order valence-electron chi connectivity index (χ2n) is 3.07. The minimum atomic E-state index is -1.21. The van der Waals surface area contributed by atoms with Crippen LogP contribution in [0.25, 0.3) is 0 Å². The van der Waals surface area contributed by atoms with E-state index in [0.717, 1.165) is 0 Å². The Morgan fingerprint density at radius 1 is 1.42 bits per heavy atom. The molecule has 0 aliphatic carbocycles. The minimum absolute atomic E-state index is 0.133. The van der Waals surface area contributed by atoms with Gasteiger partial charge in [0.2, 0.25) is 5.91 Å². The van der Waals surface area contributed by atoms with Gasteiger partial charge in [-0.3, -0.25) is 9.59 Å². The molecule has 0 saturated carbocycles. The zero-order valence-corrected chi connectivity index (χ0v) is 6.19. The number of hydrogen-bond donors (Lipinski definition) is 1. The Morgan fingerprint density at radius 2 is 2.08 bits per heavy atom. The Balaban J connectivity index is 2.26. The van der Waals surface area contributed by atoms with Gasteiger partial charge in [-0.2, -0.15) is 0 Å². The van der Waals surface area contributed by atoms with E-state index in [2.05, 4.69) is 0 Å². The van der Waals surface area contributed by atoms with E-state index in [4.69, 9.17) is 5.11 Å². The number of carboxylic acid groups (broad SMARTS) is 1. The van der Waals surface area contributed by atoms with E-state index in [-0.39, 0.29) is 24.2 Å². The molecular formula is C7H7NO4. The summed E-state index contributed by atoms with van der Waals surface area (Å²) in [5.74, 6) is -1.79. The fourth-order valence-electron chi connectivity index (χ4n) is 1.78. The Kier molecular flexibility index (Phi) is 1.25. The van der Waals surface area contributed by atoms with Crippen LogP contribution in [0.1, 0.15) is 12.8 Å². The second kappa shape index (κ2) is 2.06. The lowest BCUT2D eigenvalue weighted by Gasteiger charge is -2.35. The maximum Gasteiger partial charge on any atom is 0.334 e. The maximum absolute atomic E-state index is 11.0. The van der Waals surface area contributed by atoms with Gasteiger partial charge in [-0.25, -0.2) is 4.79 Å². The summed E-state index contributed by atoms with van der Waals surface area (Å²) in [6.07, 6.45) is 0.540. The van der Waals surface area contributed by atoms with E-state index in [9.17, 15) is 14.4 Å². The number of aliphatic carboxylic acids is 1. The van der Waals surface area contributed by atoms with E-state index in [0.29, 0.717) is 6.42 Å². The molecule has 0 aromatic carbocycles. The van der Waals surface area contributed by atoms with Crippen molar-refractivity contribution in [3.05, 3.63) is 0 Å². The molecule has 12 heavy (non-hydrogen) atoms. The average molecular weight is 169 g/mol. The van der Waals surface area contributed by atoms with Crippen molar-refractivity contribution in [3.63, 3.8) is 0 Å². The fraction of sp³-hybridized carbons (Fsp3) is 0.571. The standard InChI is InChI=1S/C7H7NO4/c9-4-1-3-2-5(10)8(3)6(4)7(11)12/h3,6H,1-2H2,(H,11,12)/t3-,6?/m1/s1. The van der Waals surface area contributed by atoms with Crippen LogP contribution in [-0.2, 0) is 14.4 Å². The first-order valence-electron chi connectivity index (χ1n) is 3.68. The normalized spacial score (nSPS) is 33.2. The molecule has 2 aliphatic heterocycles. The van der Waals surface area contributed by atoms with Gasteiger partial charge >= 0.3 is 5.97 Å². The van der Waals surface area contributed by atoms with Crippen LogP contribution in [0.5, 0.6) is 0 Å². The summed E-state index contributed by atoms with van der Waals surface area (Å²) in [5, 5.41) is 8.61. The van der Waals surface area contributed by atoms with Crippen molar-refractivity contribution < 1.29 is 19.5 Å². The largest absolute Gasteiger partial charge is 0.479 e. The van der Waals surface area contributed by atoms with Gasteiger partial charge in [0.1, 0.15) is 0 Å². The summed E-state index contributed by atoms with van der Waals surface area (Å²) in [6.45, 7) is 0. The van der Waals surface area contributed by atoms with Gasteiger partial charge in [0, 0.05) is 18.9 Å². The average Bonchev–Trinajstić information content (AvgIpc) is 2.22. The third-order valence-electron chi connectivity index (χ3n) is 2.35. The van der Waals surface area contributed by atoms with E-state index in [1.165, 1.54) is 4.90 Å². The maximum atomic E-state index is 11.0. The summed E-state index contributed by atoms with van der Waals surface area (Å²) >= 11 is 0. The first kappa shape index (κ1) is 7.27. The molecule has 0 bridgehead atoms. The lowest BCUT2D eigenvalue weighted by atomic mass is 10.0. The van der Waals surface area contributed by atoms with Gasteiger partial charge < -0.3 is 10.0 Å². The number of amides is 1. The Hall–Kier alpha value is -1.39. The predicted molar refractivity (Wildman–Crippen MR) is 36.3 cm³/mol. The molecule has 2 saturated heterocycles. The Bertz CT molecular complexity index is 285. The van der Waals surface area contributed by atoms with Crippen LogP contribution in [0, 0.1) is 0 Å². The number of ketones is 1. The van der Waals surface area contributed by atoms with Crippen molar-refractivity contribution in [2.45, 2.75) is 24.9 Å². The van der Waals surface area contributed by atoms with Crippen molar-refractivity contribution in [2.75, 3.05) is 0 Å². The Labute approximate surface area is 68.0 Å². The molecule has 2 rings (SSSR count). The molecule has 2 aliphatic rings. The van der Waals surface area contributed by atoms with Crippen LogP contribution in [0.4, 0.5) is 0 Å². The van der Waals surface area contributed by atoms with Gasteiger partial charge in [-0.05, 0) is 0 Å². The predicted octanol–water partition coefficient (Wildman–Crippen LogP) is -0.987. The quantitative estimate of drug-likeness (QED) is 0.404. The molecular weight excluding hydrogens is 162 g/mol. The highest BCUT2D eigenvalue weighted by Crippen LogP contribution is 2.32. The zero-order valence-electron chi connectivity index (χ0n) is 6.19. The molecule has 1 N–H and O–H groups in total. The number of carbonyl (C=O) groups is 3. The number of Topliss-reactive ketones (excluding diaryl/α,β-unsaturated/α-hetero) is 1. The molecule has 0 aromatic rings. The Morgan fingerprint density at radius 3 is 2.50 bits per heavy atom. The highest BCUT2D eigenvalue weighted by molar-refractivity contribution is 6.10. The molecule has 2 fully saturated rings. The van der Waals surface area contributed by atoms with Crippen molar-refractivity contribution in [1.29, 1.82) is 0 Å². The molecule has 5 heteroatoms. The van der Waals surface area contributed by atoms with Gasteiger partial charge in [0.15, 0.2) is 11.8 Å². The van der Waals surface area contributed by atoms with E-state index in [1.807, 2.05) is 0 Å². The highest BCUT2D eigenvalue weighted by atomic mass is 16.4. The number of rotatable bonds is 1. The van der Waals surface area contributed by atoms with Gasteiger partial charge in [-0.1, -0.05) is 0 Å². The number of β-lactam (4-membered cyclic amide) rings is 1. The molecule has 5 nitrogen and oxygen atoms in total. The molecule has 0 radical (unpaired) electrons. The van der Waals surface area contributed by atoms with E-state index in [1.54, 1.807) is 0 Å². The van der Waals surface area contributed by atoms with Crippen LogP contribution in [0.2, 0.25) is 0 Å². The van der Waals surface area contributed by atoms with Gasteiger partial charge in [-0.15, -0.1) is 0 Å². The lowest BCUT2D eigenvalue weighted by molar-refractivity contribution is -0.158. The summed E-state index contributed by atoms with van der Waals surface area (Å²) in [5.41, 5.74) is 0. The fourth-order valence-corrected chi connectivity index (χ4v) is 1.78. The van der Waals surface area contributed by atoms with Crippen LogP contribution >= 0.6 is 0 Å². The van der Waals surface area contributed by atoms with Gasteiger partial charge in [0.25, 0.3) is 0 Å². The number of fused-ring (bicyclic) bond motifs is 1. The van der Waals surface area contributed by atoms with Crippen molar-refractivity contribution in [1.82, 2.24) is 4.90 Å². The molecule has 0 aromatic heterocycles. The summed E-state index contributed by atoms with van der Waals surface area (Å²) in [7, 11) is 0. The molecule has 2 atom stereocenters. The zero-order chi connectivity index (χ0) is 8.88. The number of carboxylic acids is 1. The van der Waals surface area contributed by atoms with Crippen LogP contribution in [0.3, 0.4) is 0 Å². The molecule has 1 unspecified atom stereocenters. The van der Waals surface area contributed by atoms with Gasteiger partial charge in [0.05, 0.1) is 0 Å². The SMILES string of the molecule is O=C(O)C1C(=O)C[C@@H]2CC(=O)N12. The molecule has 0 spiro atoms. The van der Waals surface area contributed by atoms with Crippen molar-refractivity contribution >= 4 is 17.7 Å². The summed E-state index contributed by atoms with van der Waals surface area (Å²) < 4.78 is 0. The summed E-state index contributed by atoms with van der Waals surface area (Å²) in [6, 6.07) is -1.33. The van der Waals surface area contributed by atoms with Crippen LogP contribution in [-0.4, -0.2) is 39.7 Å². The molecule has 2 heterocycles. The van der Waals surface area contributed by atoms with Crippen LogP contribution < -0.4 is 0 Å².